The van der Waals surface area contributed by atoms with E-state index in [1.165, 1.54) is 12.8 Å². The maximum atomic E-state index is 4.74. The molecule has 1 heterocycles. The van der Waals surface area contributed by atoms with Gasteiger partial charge in [0.2, 0.25) is 0 Å². The zero-order valence-corrected chi connectivity index (χ0v) is 15.3. The minimum absolute atomic E-state index is 0. The molecule has 108 valence electrons. The Morgan fingerprint density at radius 3 is 2.56 bits per heavy atom. The fourth-order valence-corrected chi connectivity index (χ4v) is 2.16. The van der Waals surface area contributed by atoms with Gasteiger partial charge in [0, 0.05) is 24.9 Å². The summed E-state index contributed by atoms with van der Waals surface area (Å²) in [5.41, 5.74) is 0. The second-order valence-corrected chi connectivity index (χ2v) is 6.19. The van der Waals surface area contributed by atoms with Crippen LogP contribution >= 0.6 is 35.7 Å². The van der Waals surface area contributed by atoms with Gasteiger partial charge in [-0.1, -0.05) is 13.8 Å². The molecular formula is C13H28IN3S. The van der Waals surface area contributed by atoms with Gasteiger partial charge >= 0.3 is 0 Å². The molecule has 0 spiro atoms. The number of guanidine groups is 1. The smallest absolute Gasteiger partial charge is 0.193 e. The third kappa shape index (κ3) is 6.50. The normalized spacial score (nSPS) is 19.3. The summed E-state index contributed by atoms with van der Waals surface area (Å²) in [6.45, 7) is 10.9. The SMILES string of the molecule is CCNC(=NCC(C)SC)N1CCC(C)CC1.I. The molecule has 1 aliphatic heterocycles. The van der Waals surface area contributed by atoms with Crippen molar-refractivity contribution in [3.05, 3.63) is 0 Å². The Morgan fingerprint density at radius 2 is 2.06 bits per heavy atom. The van der Waals surface area contributed by atoms with E-state index in [0.717, 1.165) is 38.1 Å². The maximum absolute atomic E-state index is 4.74. The van der Waals surface area contributed by atoms with Crippen molar-refractivity contribution in [2.75, 3.05) is 32.4 Å². The second kappa shape index (κ2) is 10.2. The first-order chi connectivity index (χ1) is 8.17. The van der Waals surface area contributed by atoms with Gasteiger partial charge in [-0.2, -0.15) is 11.8 Å². The molecule has 0 radical (unpaired) electrons. The lowest BCUT2D eigenvalue weighted by atomic mass is 10.00. The fraction of sp³-hybridized carbons (Fsp3) is 0.923. The van der Waals surface area contributed by atoms with Crippen molar-refractivity contribution < 1.29 is 0 Å². The molecule has 0 amide bonds. The van der Waals surface area contributed by atoms with Gasteiger partial charge in [-0.25, -0.2) is 0 Å². The van der Waals surface area contributed by atoms with E-state index < -0.39 is 0 Å². The summed E-state index contributed by atoms with van der Waals surface area (Å²) in [4.78, 5) is 7.16. The molecule has 1 saturated heterocycles. The van der Waals surface area contributed by atoms with Gasteiger partial charge in [-0.15, -0.1) is 24.0 Å². The van der Waals surface area contributed by atoms with Crippen LogP contribution in [0, 0.1) is 5.92 Å². The molecule has 0 aromatic carbocycles. The Hall–Kier alpha value is 0.350. The van der Waals surface area contributed by atoms with Crippen LogP contribution in [0.4, 0.5) is 0 Å². The molecule has 1 atom stereocenters. The maximum Gasteiger partial charge on any atom is 0.193 e. The highest BCUT2D eigenvalue weighted by Gasteiger charge is 2.18. The van der Waals surface area contributed by atoms with E-state index in [2.05, 4.69) is 37.2 Å². The zero-order chi connectivity index (χ0) is 12.7. The monoisotopic (exact) mass is 385 g/mol. The van der Waals surface area contributed by atoms with Gasteiger partial charge in [0.1, 0.15) is 0 Å². The lowest BCUT2D eigenvalue weighted by molar-refractivity contribution is 0.273. The molecule has 0 aromatic rings. The topological polar surface area (TPSA) is 27.6 Å². The van der Waals surface area contributed by atoms with Gasteiger partial charge in [-0.05, 0) is 31.9 Å². The summed E-state index contributed by atoms with van der Waals surface area (Å²) in [5, 5.41) is 4.02. The van der Waals surface area contributed by atoms with Crippen molar-refractivity contribution in [3.63, 3.8) is 0 Å². The van der Waals surface area contributed by atoms with E-state index in [1.807, 2.05) is 11.8 Å². The Morgan fingerprint density at radius 1 is 1.44 bits per heavy atom. The van der Waals surface area contributed by atoms with Gasteiger partial charge in [-0.3, -0.25) is 4.99 Å². The van der Waals surface area contributed by atoms with E-state index in [1.54, 1.807) is 0 Å². The van der Waals surface area contributed by atoms with Crippen molar-refractivity contribution in [3.8, 4) is 0 Å². The zero-order valence-electron chi connectivity index (χ0n) is 12.1. The van der Waals surface area contributed by atoms with Crippen LogP contribution in [-0.2, 0) is 0 Å². The number of nitrogens with zero attached hydrogens (tertiary/aromatic N) is 2. The van der Waals surface area contributed by atoms with E-state index in [4.69, 9.17) is 4.99 Å². The van der Waals surface area contributed by atoms with Crippen LogP contribution in [0.1, 0.15) is 33.6 Å². The highest BCUT2D eigenvalue weighted by Crippen LogP contribution is 2.16. The minimum atomic E-state index is 0. The minimum Gasteiger partial charge on any atom is -0.357 e. The van der Waals surface area contributed by atoms with Crippen LogP contribution in [0.25, 0.3) is 0 Å². The molecule has 1 rings (SSSR count). The molecule has 3 nitrogen and oxygen atoms in total. The van der Waals surface area contributed by atoms with Gasteiger partial charge in [0.05, 0.1) is 6.54 Å². The Balaban J connectivity index is 0.00000289. The van der Waals surface area contributed by atoms with E-state index in [9.17, 15) is 0 Å². The summed E-state index contributed by atoms with van der Waals surface area (Å²) < 4.78 is 0. The van der Waals surface area contributed by atoms with Crippen molar-refractivity contribution in [1.82, 2.24) is 10.2 Å². The number of likely N-dealkylation sites (tertiary alicyclic amines) is 1. The number of halogens is 1. The van der Waals surface area contributed by atoms with Gasteiger partial charge in [0.25, 0.3) is 0 Å². The first kappa shape index (κ1) is 18.4. The van der Waals surface area contributed by atoms with Gasteiger partial charge in [0.15, 0.2) is 5.96 Å². The van der Waals surface area contributed by atoms with Crippen LogP contribution in [0.15, 0.2) is 4.99 Å². The first-order valence-corrected chi connectivity index (χ1v) is 8.02. The molecular weight excluding hydrogens is 357 g/mol. The molecule has 5 heteroatoms. The molecule has 1 aliphatic rings. The molecule has 0 aliphatic carbocycles. The van der Waals surface area contributed by atoms with Crippen LogP contribution < -0.4 is 5.32 Å². The molecule has 1 N–H and O–H groups in total. The summed E-state index contributed by atoms with van der Waals surface area (Å²) in [6, 6.07) is 0. The molecule has 0 bridgehead atoms. The van der Waals surface area contributed by atoms with E-state index >= 15 is 0 Å². The molecule has 18 heavy (non-hydrogen) atoms. The van der Waals surface area contributed by atoms with Crippen LogP contribution in [0.5, 0.6) is 0 Å². The largest absolute Gasteiger partial charge is 0.357 e. The number of rotatable bonds is 4. The lowest BCUT2D eigenvalue weighted by Crippen LogP contribution is -2.45. The Kier molecular flexibility index (Phi) is 10.4. The van der Waals surface area contributed by atoms with Crippen LogP contribution in [0.2, 0.25) is 0 Å². The predicted octanol–water partition coefficient (Wildman–Crippen LogP) is 3.05. The van der Waals surface area contributed by atoms with Crippen molar-refractivity contribution >= 4 is 41.7 Å². The highest BCUT2D eigenvalue weighted by atomic mass is 127. The number of thioether (sulfide) groups is 1. The number of hydrogen-bond acceptors (Lipinski definition) is 2. The average Bonchev–Trinajstić information content (AvgIpc) is 2.35. The standard InChI is InChI=1S/C13H27N3S.HI/c1-5-14-13(15-10-12(3)17-4)16-8-6-11(2)7-9-16;/h11-12H,5-10H2,1-4H3,(H,14,15);1H. The fourth-order valence-electron chi connectivity index (χ4n) is 1.94. The predicted molar refractivity (Wildman–Crippen MR) is 94.3 cm³/mol. The Bertz CT molecular complexity index is 240. The Labute approximate surface area is 134 Å². The quantitative estimate of drug-likeness (QED) is 0.458. The van der Waals surface area contributed by atoms with Crippen LogP contribution in [-0.4, -0.2) is 48.5 Å². The number of hydrogen-bond donors (Lipinski definition) is 1. The van der Waals surface area contributed by atoms with Gasteiger partial charge < -0.3 is 10.2 Å². The van der Waals surface area contributed by atoms with Crippen LogP contribution in [0.3, 0.4) is 0 Å². The third-order valence-electron chi connectivity index (χ3n) is 3.32. The van der Waals surface area contributed by atoms with Crippen molar-refractivity contribution in [2.45, 2.75) is 38.9 Å². The highest BCUT2D eigenvalue weighted by molar-refractivity contribution is 14.0. The van der Waals surface area contributed by atoms with E-state index in [-0.39, 0.29) is 24.0 Å². The number of piperidine rings is 1. The summed E-state index contributed by atoms with van der Waals surface area (Å²) in [6.07, 6.45) is 4.74. The third-order valence-corrected chi connectivity index (χ3v) is 4.27. The lowest BCUT2D eigenvalue weighted by Gasteiger charge is -2.33. The molecule has 0 saturated carbocycles. The summed E-state index contributed by atoms with van der Waals surface area (Å²) in [5.74, 6) is 1.99. The second-order valence-electron chi connectivity index (χ2n) is 4.91. The van der Waals surface area contributed by atoms with Crippen molar-refractivity contribution in [2.24, 2.45) is 10.9 Å². The number of aliphatic imine (C=N–C) groups is 1. The summed E-state index contributed by atoms with van der Waals surface area (Å²) >= 11 is 1.88. The molecule has 1 fully saturated rings. The average molecular weight is 385 g/mol. The van der Waals surface area contributed by atoms with Crippen molar-refractivity contribution in [1.29, 1.82) is 0 Å². The first-order valence-electron chi connectivity index (χ1n) is 6.73. The van der Waals surface area contributed by atoms with E-state index in [0.29, 0.717) is 5.25 Å². The molecule has 1 unspecified atom stereocenters. The summed E-state index contributed by atoms with van der Waals surface area (Å²) in [7, 11) is 0. The molecule has 0 aromatic heterocycles. The number of nitrogens with one attached hydrogen (secondary N) is 1.